The van der Waals surface area contributed by atoms with E-state index in [1.54, 1.807) is 13.1 Å². The van der Waals surface area contributed by atoms with Crippen molar-refractivity contribution in [1.82, 2.24) is 15.3 Å². The summed E-state index contributed by atoms with van der Waals surface area (Å²) in [5.74, 6) is -0.159. The van der Waals surface area contributed by atoms with Gasteiger partial charge >= 0.3 is 0 Å². The zero-order valence-corrected chi connectivity index (χ0v) is 9.78. The van der Waals surface area contributed by atoms with Gasteiger partial charge in [-0.25, -0.2) is 4.98 Å². The number of carbonyl (C=O) groups excluding carboxylic acids is 1. The lowest BCUT2D eigenvalue weighted by molar-refractivity contribution is -0.118. The molecule has 2 aromatic rings. The molecule has 1 aromatic carbocycles. The Balaban J connectivity index is 2.38. The van der Waals surface area contributed by atoms with Gasteiger partial charge in [0.05, 0.1) is 35.1 Å². The molecule has 7 heteroatoms. The van der Waals surface area contributed by atoms with Crippen molar-refractivity contribution in [3.63, 3.8) is 0 Å². The van der Waals surface area contributed by atoms with Gasteiger partial charge in [-0.1, -0.05) is 0 Å². The summed E-state index contributed by atoms with van der Waals surface area (Å²) in [7, 11) is 1.55. The van der Waals surface area contributed by atoms with E-state index in [0.29, 0.717) is 22.3 Å². The smallest absolute Gasteiger partial charge is 0.258 e. The number of nitrogens with one attached hydrogen (secondary N) is 3. The van der Waals surface area contributed by atoms with Gasteiger partial charge in [0.15, 0.2) is 0 Å². The molecule has 1 heterocycles. The molecule has 0 bridgehead atoms. The number of anilines is 2. The Bertz CT molecular complexity index is 649. The van der Waals surface area contributed by atoms with Gasteiger partial charge < -0.3 is 21.4 Å². The topological polar surface area (TPSA) is 113 Å². The Labute approximate surface area is 102 Å². The van der Waals surface area contributed by atoms with Crippen LogP contribution < -0.4 is 21.9 Å². The Morgan fingerprint density at radius 3 is 3.00 bits per heavy atom. The average molecular weight is 247 g/mol. The first-order valence-electron chi connectivity index (χ1n) is 5.33. The molecule has 94 valence electrons. The lowest BCUT2D eigenvalue weighted by Crippen LogP contribution is -2.26. The van der Waals surface area contributed by atoms with Crippen molar-refractivity contribution >= 4 is 28.2 Å². The largest absolute Gasteiger partial charge is 0.397 e. The van der Waals surface area contributed by atoms with Crippen LogP contribution in [0.15, 0.2) is 23.3 Å². The third-order valence-corrected chi connectivity index (χ3v) is 2.53. The van der Waals surface area contributed by atoms with E-state index in [0.717, 1.165) is 0 Å². The summed E-state index contributed by atoms with van der Waals surface area (Å²) in [5, 5.41) is 5.79. The summed E-state index contributed by atoms with van der Waals surface area (Å²) in [6.45, 7) is 0.107. The number of rotatable bonds is 3. The molecule has 1 aromatic heterocycles. The van der Waals surface area contributed by atoms with Crippen molar-refractivity contribution in [2.45, 2.75) is 0 Å². The van der Waals surface area contributed by atoms with Crippen molar-refractivity contribution in [3.05, 3.63) is 28.8 Å². The van der Waals surface area contributed by atoms with Gasteiger partial charge in [0, 0.05) is 7.05 Å². The molecule has 7 nitrogen and oxygen atoms in total. The van der Waals surface area contributed by atoms with Gasteiger partial charge in [0.1, 0.15) is 0 Å². The number of aromatic nitrogens is 2. The van der Waals surface area contributed by atoms with Gasteiger partial charge in [-0.2, -0.15) is 0 Å². The Morgan fingerprint density at radius 1 is 1.50 bits per heavy atom. The van der Waals surface area contributed by atoms with Gasteiger partial charge in [-0.05, 0) is 12.1 Å². The molecule has 5 N–H and O–H groups in total. The van der Waals surface area contributed by atoms with E-state index < -0.39 is 0 Å². The first-order chi connectivity index (χ1) is 8.61. The number of H-pyrrole nitrogens is 1. The van der Waals surface area contributed by atoms with Crippen molar-refractivity contribution < 1.29 is 4.79 Å². The number of aromatic amines is 1. The minimum absolute atomic E-state index is 0.107. The lowest BCUT2D eigenvalue weighted by Gasteiger charge is -2.09. The van der Waals surface area contributed by atoms with E-state index >= 15 is 0 Å². The molecule has 0 aliphatic heterocycles. The van der Waals surface area contributed by atoms with Crippen LogP contribution in [0.3, 0.4) is 0 Å². The van der Waals surface area contributed by atoms with E-state index in [-0.39, 0.29) is 18.0 Å². The molecular weight excluding hydrogens is 234 g/mol. The van der Waals surface area contributed by atoms with E-state index in [9.17, 15) is 9.59 Å². The number of amides is 1. The van der Waals surface area contributed by atoms with Crippen molar-refractivity contribution in [2.24, 2.45) is 0 Å². The summed E-state index contributed by atoms with van der Waals surface area (Å²) in [6.07, 6.45) is 1.32. The SMILES string of the molecule is CNC(=O)CNc1cc2nc[nH]c(=O)c2cc1N. The highest BCUT2D eigenvalue weighted by molar-refractivity contribution is 5.89. The van der Waals surface area contributed by atoms with E-state index in [4.69, 9.17) is 5.73 Å². The monoisotopic (exact) mass is 247 g/mol. The number of hydrogen-bond donors (Lipinski definition) is 4. The molecule has 0 spiro atoms. The van der Waals surface area contributed by atoms with Crippen molar-refractivity contribution in [1.29, 1.82) is 0 Å². The number of nitrogens with zero attached hydrogens (tertiary/aromatic N) is 1. The minimum Gasteiger partial charge on any atom is -0.397 e. The second-order valence-electron chi connectivity index (χ2n) is 3.71. The summed E-state index contributed by atoms with van der Waals surface area (Å²) >= 11 is 0. The van der Waals surface area contributed by atoms with Gasteiger partial charge in [-0.3, -0.25) is 9.59 Å². The number of nitrogen functional groups attached to an aromatic ring is 1. The fourth-order valence-electron chi connectivity index (χ4n) is 1.55. The molecule has 0 saturated heterocycles. The number of benzene rings is 1. The van der Waals surface area contributed by atoms with Crippen LogP contribution in [-0.4, -0.2) is 29.5 Å². The molecule has 0 fully saturated rings. The molecule has 1 amide bonds. The van der Waals surface area contributed by atoms with Crippen LogP contribution in [0.5, 0.6) is 0 Å². The van der Waals surface area contributed by atoms with Crippen LogP contribution in [-0.2, 0) is 4.79 Å². The molecule has 0 atom stereocenters. The number of carbonyl (C=O) groups is 1. The zero-order valence-electron chi connectivity index (χ0n) is 9.78. The minimum atomic E-state index is -0.246. The maximum Gasteiger partial charge on any atom is 0.258 e. The second kappa shape index (κ2) is 4.74. The van der Waals surface area contributed by atoms with Crippen LogP contribution in [0.1, 0.15) is 0 Å². The lowest BCUT2D eigenvalue weighted by atomic mass is 10.2. The van der Waals surface area contributed by atoms with Gasteiger partial charge in [0.2, 0.25) is 5.91 Å². The van der Waals surface area contributed by atoms with E-state index in [1.807, 2.05) is 0 Å². The predicted octanol–water partition coefficient (Wildman–Crippen LogP) is -0.337. The summed E-state index contributed by atoms with van der Waals surface area (Å²) < 4.78 is 0. The van der Waals surface area contributed by atoms with Crippen LogP contribution in [0.2, 0.25) is 0 Å². The standard InChI is InChI=1S/C11H13N5O2/c1-13-10(17)4-14-9-3-8-6(2-7(9)12)11(18)16-5-15-8/h2-3,5,14H,4,12H2,1H3,(H,13,17)(H,15,16,18). The van der Waals surface area contributed by atoms with Crippen LogP contribution in [0.25, 0.3) is 10.9 Å². The third-order valence-electron chi connectivity index (χ3n) is 2.53. The zero-order chi connectivity index (χ0) is 13.1. The van der Waals surface area contributed by atoms with Crippen molar-refractivity contribution in [2.75, 3.05) is 24.6 Å². The summed E-state index contributed by atoms with van der Waals surface area (Å²) in [4.78, 5) is 29.2. The van der Waals surface area contributed by atoms with Crippen LogP contribution >= 0.6 is 0 Å². The molecule has 0 aliphatic carbocycles. The predicted molar refractivity (Wildman–Crippen MR) is 69.3 cm³/mol. The summed E-state index contributed by atoms with van der Waals surface area (Å²) in [6, 6.07) is 3.18. The molecule has 2 rings (SSSR count). The quantitative estimate of drug-likeness (QED) is 0.554. The van der Waals surface area contributed by atoms with Gasteiger partial charge in [0.25, 0.3) is 5.56 Å². The number of likely N-dealkylation sites (N-methyl/N-ethyl adjacent to an activating group) is 1. The van der Waals surface area contributed by atoms with Crippen molar-refractivity contribution in [3.8, 4) is 0 Å². The Kier molecular flexibility index (Phi) is 3.13. The van der Waals surface area contributed by atoms with Gasteiger partial charge in [-0.15, -0.1) is 0 Å². The molecule has 0 aliphatic rings. The fourth-order valence-corrected chi connectivity index (χ4v) is 1.55. The third kappa shape index (κ3) is 2.24. The highest BCUT2D eigenvalue weighted by Crippen LogP contribution is 2.22. The van der Waals surface area contributed by atoms with E-state index in [1.165, 1.54) is 12.4 Å². The maximum atomic E-state index is 11.5. The molecule has 18 heavy (non-hydrogen) atoms. The number of fused-ring (bicyclic) bond motifs is 1. The van der Waals surface area contributed by atoms with E-state index in [2.05, 4.69) is 20.6 Å². The Morgan fingerprint density at radius 2 is 2.28 bits per heavy atom. The first-order valence-corrected chi connectivity index (χ1v) is 5.33. The normalized spacial score (nSPS) is 10.3. The highest BCUT2D eigenvalue weighted by atomic mass is 16.1. The average Bonchev–Trinajstić information content (AvgIpc) is 2.37. The fraction of sp³-hybridized carbons (Fsp3) is 0.182. The Hall–Kier alpha value is -2.57. The number of hydrogen-bond acceptors (Lipinski definition) is 5. The second-order valence-corrected chi connectivity index (χ2v) is 3.71. The molecule has 0 radical (unpaired) electrons. The van der Waals surface area contributed by atoms with Crippen LogP contribution in [0, 0.1) is 0 Å². The highest BCUT2D eigenvalue weighted by Gasteiger charge is 2.06. The maximum absolute atomic E-state index is 11.5. The number of nitrogens with two attached hydrogens (primary N) is 1. The molecule has 0 saturated carbocycles. The van der Waals surface area contributed by atoms with Crippen LogP contribution in [0.4, 0.5) is 11.4 Å². The first kappa shape index (κ1) is 11.9. The summed E-state index contributed by atoms with van der Waals surface area (Å²) in [5.41, 5.74) is 7.05. The molecular formula is C11H13N5O2. The molecule has 0 unspecified atom stereocenters.